The van der Waals surface area contributed by atoms with E-state index in [0.29, 0.717) is 13.8 Å². The van der Waals surface area contributed by atoms with E-state index in [1.165, 1.54) is 47.4 Å². The zero-order chi connectivity index (χ0) is 31.0. The summed E-state index contributed by atoms with van der Waals surface area (Å²) in [7, 11) is -6.93. The van der Waals surface area contributed by atoms with E-state index in [2.05, 4.69) is 50.8 Å². The number of hydrogen-bond acceptors (Lipinski definition) is 3. The molecule has 4 nitrogen and oxygen atoms in total. The molecular weight excluding hydrogens is 655 g/mol. The van der Waals surface area contributed by atoms with Crippen LogP contribution in [0.2, 0.25) is 19.6 Å². The normalized spacial score (nSPS) is 24.2. The second kappa shape index (κ2) is 17.8. The van der Waals surface area contributed by atoms with Crippen molar-refractivity contribution in [2.75, 3.05) is 0 Å². The molecule has 0 radical (unpaired) electrons. The third kappa shape index (κ3) is 12.6. The largest absolute Gasteiger partial charge is 0.522 e. The summed E-state index contributed by atoms with van der Waals surface area (Å²) < 4.78 is 63.8. The summed E-state index contributed by atoms with van der Waals surface area (Å²) in [4.78, 5) is 0. The number of hydrogen-bond donors (Lipinski definition) is 1. The Labute approximate surface area is 271 Å². The van der Waals surface area contributed by atoms with E-state index in [-0.39, 0.29) is 22.6 Å². The van der Waals surface area contributed by atoms with E-state index in [0.717, 1.165) is 6.42 Å². The van der Waals surface area contributed by atoms with Gasteiger partial charge in [-0.15, -0.1) is 5.92 Å². The summed E-state index contributed by atoms with van der Waals surface area (Å²) in [6.45, 7) is 10.9. The van der Waals surface area contributed by atoms with E-state index < -0.39 is 23.9 Å². The average Bonchev–Trinajstić information content (AvgIpc) is 3.24. The third-order valence-electron chi connectivity index (χ3n) is 9.03. The minimum absolute atomic E-state index is 0. The summed E-state index contributed by atoms with van der Waals surface area (Å²) in [6, 6.07) is 8.58. The van der Waals surface area contributed by atoms with Crippen molar-refractivity contribution in [1.29, 1.82) is 0 Å². The Hall–Kier alpha value is 0.0204. The molecule has 11 heteroatoms. The van der Waals surface area contributed by atoms with Gasteiger partial charge in [0.1, 0.15) is 0 Å². The van der Waals surface area contributed by atoms with Crippen LogP contribution in [-0.4, -0.2) is 43.8 Å². The maximum absolute atomic E-state index is 10.7. The van der Waals surface area contributed by atoms with E-state index in [1.807, 2.05) is 0 Å². The van der Waals surface area contributed by atoms with E-state index >= 15 is 0 Å². The van der Waals surface area contributed by atoms with E-state index in [1.54, 1.807) is 77.0 Å². The summed E-state index contributed by atoms with van der Waals surface area (Å²) in [5.41, 5.74) is 0.813. The minimum Gasteiger partial charge on any atom is -0.413 e. The van der Waals surface area contributed by atoms with Crippen molar-refractivity contribution in [1.82, 2.24) is 0 Å². The van der Waals surface area contributed by atoms with Gasteiger partial charge in [0, 0.05) is 22.6 Å². The van der Waals surface area contributed by atoms with Gasteiger partial charge >= 0.3 is 15.6 Å². The van der Waals surface area contributed by atoms with Crippen LogP contribution in [0.4, 0.5) is 13.2 Å². The fraction of sp³-hybridized carbons (Fsp3) is 0.781. The van der Waals surface area contributed by atoms with Crippen molar-refractivity contribution >= 4 is 26.4 Å². The van der Waals surface area contributed by atoms with Gasteiger partial charge in [0.15, 0.2) is 8.32 Å². The van der Waals surface area contributed by atoms with Crippen LogP contribution < -0.4 is 0 Å². The third-order valence-corrected chi connectivity index (χ3v) is 14.7. The van der Waals surface area contributed by atoms with Crippen LogP contribution in [0.25, 0.3) is 0 Å². The molecule has 43 heavy (non-hydrogen) atoms. The first-order chi connectivity index (χ1) is 19.7. The topological polar surface area (TPSA) is 63.6 Å². The predicted octanol–water partition coefficient (Wildman–Crippen LogP) is 10.4. The molecule has 1 N–H and O–H groups in total. The van der Waals surface area contributed by atoms with Crippen LogP contribution in [-0.2, 0) is 37.5 Å². The molecule has 1 aromatic rings. The zero-order valence-electron chi connectivity index (χ0n) is 26.2. The predicted molar refractivity (Wildman–Crippen MR) is 171 cm³/mol. The molecule has 3 fully saturated rings. The molecule has 4 aliphatic rings. The summed E-state index contributed by atoms with van der Waals surface area (Å²) in [6.07, 6.45) is 24.9. The number of fused-ring (bicyclic) bond motifs is 1. The second-order valence-electron chi connectivity index (χ2n) is 13.6. The average molecular weight is 709 g/mol. The molecule has 2 atom stereocenters. The monoisotopic (exact) mass is 707 g/mol. The Balaban J connectivity index is 0.000000241. The molecule has 4 aliphatic carbocycles. The maximum Gasteiger partial charge on any atom is 0.522 e. The standard InChI is InChI=1S/C18H33P.C13H19OSi.CHF3O3S.Ni/c1-4-10-16(11-5-1)19(17-12-6-2-7-13-17)18-14-8-3-9-15-18;1-10-9-11-7-5-6-8-12(11)13(10)14-15(2,3)4;2-1(3,4)8(5,6)7;/h16-18H,1-15H2;5-8,10,13H,1,9H2,2-4H3;(H,5,6,7);/q;-1;;/t;10-,13-;;/m.0../s1. The van der Waals surface area contributed by atoms with Crippen molar-refractivity contribution in [3.63, 3.8) is 0 Å². The van der Waals surface area contributed by atoms with Gasteiger partial charge in [-0.2, -0.15) is 21.6 Å². The first kappa shape index (κ1) is 39.2. The summed E-state index contributed by atoms with van der Waals surface area (Å²) in [5.74, 6) is 0.383. The summed E-state index contributed by atoms with van der Waals surface area (Å²) in [5, 5.41) is 0. The second-order valence-corrected chi connectivity index (χ2v) is 22.5. The van der Waals surface area contributed by atoms with Gasteiger partial charge in [0.2, 0.25) is 0 Å². The Bertz CT molecular complexity index is 1010. The molecule has 252 valence electrons. The molecule has 3 saturated carbocycles. The van der Waals surface area contributed by atoms with Crippen LogP contribution in [0, 0.1) is 12.8 Å². The molecule has 5 rings (SSSR count). The Morgan fingerprint density at radius 3 is 1.53 bits per heavy atom. The minimum atomic E-state index is -5.84. The number of rotatable bonds is 5. The van der Waals surface area contributed by atoms with E-state index in [9.17, 15) is 13.2 Å². The Morgan fingerprint density at radius 2 is 1.19 bits per heavy atom. The van der Waals surface area contributed by atoms with Crippen LogP contribution in [0.5, 0.6) is 0 Å². The van der Waals surface area contributed by atoms with Crippen molar-refractivity contribution in [2.45, 2.75) is 151 Å². The van der Waals surface area contributed by atoms with Gasteiger partial charge in [0.05, 0.1) is 0 Å². The molecule has 0 aliphatic heterocycles. The SMILES string of the molecule is C1CCC(P(C2CCCCC2)C2CCCCC2)CC1.O=S(=O)(O)C(F)(F)F.[CH2-][C@H]1Cc2ccccc2[C@H]1O[Si](C)(C)C.[Ni]. The van der Waals surface area contributed by atoms with Crippen LogP contribution in [0.15, 0.2) is 24.3 Å². The van der Waals surface area contributed by atoms with E-state index in [4.69, 9.17) is 17.4 Å². The van der Waals surface area contributed by atoms with Gasteiger partial charge in [-0.1, -0.05) is 90.0 Å². The van der Waals surface area contributed by atoms with Crippen molar-refractivity contribution < 1.29 is 47.1 Å². The molecule has 1 aromatic carbocycles. The first-order valence-electron chi connectivity index (χ1n) is 16.1. The summed E-state index contributed by atoms with van der Waals surface area (Å²) >= 11 is 0. The fourth-order valence-corrected chi connectivity index (χ4v) is 13.0. The smallest absolute Gasteiger partial charge is 0.413 e. The molecular formula is C32H53F3NiO4PSSi-. The Kier molecular flexibility index (Phi) is 16.2. The molecule has 0 aromatic heterocycles. The zero-order valence-corrected chi connectivity index (χ0v) is 29.9. The Morgan fingerprint density at radius 1 is 0.814 bits per heavy atom. The van der Waals surface area contributed by atoms with Gasteiger partial charge in [-0.3, -0.25) is 4.55 Å². The van der Waals surface area contributed by atoms with Crippen molar-refractivity contribution in [3.05, 3.63) is 42.3 Å². The molecule has 0 spiro atoms. The number of benzene rings is 1. The fourth-order valence-electron chi connectivity index (χ4n) is 7.21. The van der Waals surface area contributed by atoms with Crippen molar-refractivity contribution in [2.24, 2.45) is 5.92 Å². The van der Waals surface area contributed by atoms with Crippen molar-refractivity contribution in [3.8, 4) is 0 Å². The van der Waals surface area contributed by atoms with Crippen LogP contribution >= 0.6 is 7.92 Å². The van der Waals surface area contributed by atoms with Gasteiger partial charge in [0.25, 0.3) is 0 Å². The molecule has 0 saturated heterocycles. The number of alkyl halides is 3. The molecule has 0 bridgehead atoms. The first-order valence-corrected chi connectivity index (χ1v) is 22.5. The van der Waals surface area contributed by atoms with Crippen LogP contribution in [0.1, 0.15) is 114 Å². The van der Waals surface area contributed by atoms with Gasteiger partial charge < -0.3 is 11.3 Å². The van der Waals surface area contributed by atoms with Crippen LogP contribution in [0.3, 0.4) is 0 Å². The maximum atomic E-state index is 10.7. The molecule has 0 unspecified atom stereocenters. The van der Waals surface area contributed by atoms with Gasteiger partial charge in [-0.25, -0.2) is 0 Å². The molecule has 0 heterocycles. The van der Waals surface area contributed by atoms with Gasteiger partial charge in [-0.05, 0) is 92.7 Å². The quantitative estimate of drug-likeness (QED) is 0.109. The molecule has 0 amide bonds. The number of halogens is 3.